The van der Waals surface area contributed by atoms with Crippen LogP contribution in [0.25, 0.3) is 5.76 Å². The summed E-state index contributed by atoms with van der Waals surface area (Å²) in [7, 11) is 0. The number of hydrogen-bond acceptors (Lipinski definition) is 6. The minimum absolute atomic E-state index is 0.0638. The van der Waals surface area contributed by atoms with Crippen LogP contribution in [0.15, 0.2) is 48.0 Å². The highest BCUT2D eigenvalue weighted by molar-refractivity contribution is 6.46. The van der Waals surface area contributed by atoms with Crippen molar-refractivity contribution < 1.29 is 24.2 Å². The summed E-state index contributed by atoms with van der Waals surface area (Å²) in [5.74, 6) is 0.0445. The third-order valence-corrected chi connectivity index (χ3v) is 6.91. The Bertz CT molecular complexity index is 1150. The molecule has 7 nitrogen and oxygen atoms in total. The summed E-state index contributed by atoms with van der Waals surface area (Å²) in [5.41, 5.74) is 2.34. The lowest BCUT2D eigenvalue weighted by molar-refractivity contribution is -0.140. The van der Waals surface area contributed by atoms with Gasteiger partial charge in [0, 0.05) is 25.1 Å². The fourth-order valence-electron chi connectivity index (χ4n) is 4.97. The van der Waals surface area contributed by atoms with Crippen LogP contribution in [0.1, 0.15) is 56.8 Å². The number of likely N-dealkylation sites (N-methyl/N-ethyl adjacent to an activating group) is 1. The summed E-state index contributed by atoms with van der Waals surface area (Å²) in [6.45, 7) is 11.5. The summed E-state index contributed by atoms with van der Waals surface area (Å²) >= 11 is 0. The van der Waals surface area contributed by atoms with Crippen molar-refractivity contribution in [2.45, 2.75) is 52.7 Å². The standard InChI is InChI=1S/C29H36N2O5/c1-5-15-35-23-10-8-9-20(18-23)26-25(28(33)29(34)31(26)14-13-30(6-2)7-3)27(32)21-11-12-24-22(17-21)16-19(4)36-24/h8-12,17-19,26,32H,5-7,13-16H2,1-4H3/b27-25+/t19-,26-/m1/s1. The van der Waals surface area contributed by atoms with Gasteiger partial charge in [0.1, 0.15) is 23.4 Å². The molecule has 0 bridgehead atoms. The average molecular weight is 493 g/mol. The number of amides is 1. The molecule has 2 aromatic rings. The van der Waals surface area contributed by atoms with E-state index in [0.717, 1.165) is 42.8 Å². The van der Waals surface area contributed by atoms with E-state index in [1.54, 1.807) is 11.0 Å². The smallest absolute Gasteiger partial charge is 0.295 e. The van der Waals surface area contributed by atoms with Crippen molar-refractivity contribution in [3.63, 3.8) is 0 Å². The first kappa shape index (κ1) is 25.8. The van der Waals surface area contributed by atoms with Gasteiger partial charge in [-0.3, -0.25) is 9.59 Å². The van der Waals surface area contributed by atoms with Crippen LogP contribution in [-0.4, -0.2) is 65.5 Å². The third-order valence-electron chi connectivity index (χ3n) is 6.91. The van der Waals surface area contributed by atoms with Crippen LogP contribution >= 0.6 is 0 Å². The highest BCUT2D eigenvalue weighted by Gasteiger charge is 2.46. The number of benzene rings is 2. The van der Waals surface area contributed by atoms with E-state index >= 15 is 0 Å². The minimum atomic E-state index is -0.700. The average Bonchev–Trinajstić information content (AvgIpc) is 3.38. The van der Waals surface area contributed by atoms with Gasteiger partial charge >= 0.3 is 0 Å². The Labute approximate surface area is 213 Å². The maximum absolute atomic E-state index is 13.4. The molecule has 7 heteroatoms. The van der Waals surface area contributed by atoms with Crippen LogP contribution in [0.4, 0.5) is 0 Å². The molecule has 0 radical (unpaired) electrons. The number of Topliss-reactive ketones (excluding diaryl/α,β-unsaturated/α-hetero) is 1. The number of carbonyl (C=O) groups excluding carboxylic acids is 2. The van der Waals surface area contributed by atoms with E-state index in [0.29, 0.717) is 31.0 Å². The Morgan fingerprint density at radius 2 is 1.92 bits per heavy atom. The quantitative estimate of drug-likeness (QED) is 0.298. The molecule has 0 unspecified atom stereocenters. The number of fused-ring (bicyclic) bond motifs is 1. The lowest BCUT2D eigenvalue weighted by Gasteiger charge is -2.28. The zero-order valence-corrected chi connectivity index (χ0v) is 21.6. The molecule has 0 spiro atoms. The monoisotopic (exact) mass is 492 g/mol. The molecule has 2 atom stereocenters. The van der Waals surface area contributed by atoms with Gasteiger partial charge < -0.3 is 24.4 Å². The van der Waals surface area contributed by atoms with Gasteiger partial charge in [-0.05, 0) is 67.9 Å². The molecule has 1 fully saturated rings. The number of hydrogen-bond donors (Lipinski definition) is 1. The van der Waals surface area contributed by atoms with E-state index in [4.69, 9.17) is 9.47 Å². The first-order valence-electron chi connectivity index (χ1n) is 12.9. The second-order valence-corrected chi connectivity index (χ2v) is 9.40. The summed E-state index contributed by atoms with van der Waals surface area (Å²) in [6.07, 6.45) is 1.66. The van der Waals surface area contributed by atoms with E-state index in [9.17, 15) is 14.7 Å². The summed E-state index contributed by atoms with van der Waals surface area (Å²) in [6, 6.07) is 12.2. The molecule has 1 saturated heterocycles. The number of ether oxygens (including phenoxy) is 2. The van der Waals surface area contributed by atoms with Gasteiger partial charge in [0.2, 0.25) is 0 Å². The van der Waals surface area contributed by atoms with Crippen molar-refractivity contribution in [1.82, 2.24) is 9.80 Å². The lowest BCUT2D eigenvalue weighted by atomic mass is 9.94. The Hall–Kier alpha value is -3.32. The molecule has 192 valence electrons. The van der Waals surface area contributed by atoms with E-state index < -0.39 is 17.7 Å². The van der Waals surface area contributed by atoms with Gasteiger partial charge in [-0.25, -0.2) is 0 Å². The van der Waals surface area contributed by atoms with Crippen molar-refractivity contribution in [3.05, 3.63) is 64.7 Å². The molecule has 0 saturated carbocycles. The first-order valence-corrected chi connectivity index (χ1v) is 12.9. The molecule has 2 heterocycles. The second kappa shape index (κ2) is 11.2. The van der Waals surface area contributed by atoms with Gasteiger partial charge in [0.15, 0.2) is 0 Å². The predicted molar refractivity (Wildman–Crippen MR) is 139 cm³/mol. The van der Waals surface area contributed by atoms with Crippen molar-refractivity contribution in [2.24, 2.45) is 0 Å². The number of rotatable bonds is 10. The third kappa shape index (κ3) is 5.12. The van der Waals surface area contributed by atoms with Crippen molar-refractivity contribution in [1.29, 1.82) is 0 Å². The summed E-state index contributed by atoms with van der Waals surface area (Å²) in [4.78, 5) is 30.4. The van der Waals surface area contributed by atoms with Crippen LogP contribution in [0.5, 0.6) is 11.5 Å². The van der Waals surface area contributed by atoms with Crippen LogP contribution in [0, 0.1) is 0 Å². The van der Waals surface area contributed by atoms with E-state index in [1.807, 2.05) is 50.2 Å². The molecule has 2 aromatic carbocycles. The molecule has 1 N–H and O–H groups in total. The zero-order valence-electron chi connectivity index (χ0n) is 21.6. The van der Waals surface area contributed by atoms with E-state index in [-0.39, 0.29) is 17.4 Å². The van der Waals surface area contributed by atoms with Gasteiger partial charge in [0.05, 0.1) is 18.2 Å². The number of nitrogens with zero attached hydrogens (tertiary/aromatic N) is 2. The fourth-order valence-corrected chi connectivity index (χ4v) is 4.97. The Morgan fingerprint density at radius 3 is 2.64 bits per heavy atom. The van der Waals surface area contributed by atoms with Crippen LogP contribution in [0.3, 0.4) is 0 Å². The van der Waals surface area contributed by atoms with Gasteiger partial charge in [0.25, 0.3) is 11.7 Å². The number of aliphatic hydroxyl groups excluding tert-OH is 1. The maximum Gasteiger partial charge on any atom is 0.295 e. The molecule has 0 aliphatic carbocycles. The van der Waals surface area contributed by atoms with Crippen LogP contribution in [-0.2, 0) is 16.0 Å². The molecule has 4 rings (SSSR count). The van der Waals surface area contributed by atoms with Crippen molar-refractivity contribution in [3.8, 4) is 11.5 Å². The van der Waals surface area contributed by atoms with Gasteiger partial charge in [-0.1, -0.05) is 32.9 Å². The highest BCUT2D eigenvalue weighted by Crippen LogP contribution is 2.41. The molecule has 2 aliphatic rings. The highest BCUT2D eigenvalue weighted by atomic mass is 16.5. The number of aliphatic hydroxyl groups is 1. The topological polar surface area (TPSA) is 79.3 Å². The lowest BCUT2D eigenvalue weighted by Crippen LogP contribution is -2.38. The Balaban J connectivity index is 1.78. The summed E-state index contributed by atoms with van der Waals surface area (Å²) in [5, 5.41) is 11.4. The van der Waals surface area contributed by atoms with Gasteiger partial charge in [-0.2, -0.15) is 0 Å². The molecular weight excluding hydrogens is 456 g/mol. The molecular formula is C29H36N2O5. The maximum atomic E-state index is 13.4. The number of likely N-dealkylation sites (tertiary alicyclic amines) is 1. The second-order valence-electron chi connectivity index (χ2n) is 9.40. The molecule has 0 aromatic heterocycles. The Morgan fingerprint density at radius 1 is 1.14 bits per heavy atom. The van der Waals surface area contributed by atoms with Crippen molar-refractivity contribution >= 4 is 17.4 Å². The number of ketones is 1. The van der Waals surface area contributed by atoms with Crippen LogP contribution < -0.4 is 9.47 Å². The zero-order chi connectivity index (χ0) is 25.8. The Kier molecular flexibility index (Phi) is 7.99. The fraction of sp³-hybridized carbons (Fsp3) is 0.448. The first-order chi connectivity index (χ1) is 17.4. The normalized spacial score (nSPS) is 20.6. The van der Waals surface area contributed by atoms with E-state index in [1.165, 1.54) is 0 Å². The SMILES string of the molecule is CCCOc1cccc([C@@H]2/C(=C(\O)c3ccc4c(c3)C[C@@H](C)O4)C(=O)C(=O)N2CCN(CC)CC)c1. The molecule has 2 aliphatic heterocycles. The molecule has 36 heavy (non-hydrogen) atoms. The predicted octanol–water partition coefficient (Wildman–Crippen LogP) is 4.56. The largest absolute Gasteiger partial charge is 0.507 e. The minimum Gasteiger partial charge on any atom is -0.507 e. The van der Waals surface area contributed by atoms with Crippen LogP contribution in [0.2, 0.25) is 0 Å². The number of carbonyl (C=O) groups is 2. The molecule has 1 amide bonds. The van der Waals surface area contributed by atoms with Crippen molar-refractivity contribution in [2.75, 3.05) is 32.8 Å². The van der Waals surface area contributed by atoms with E-state index in [2.05, 4.69) is 18.7 Å². The van der Waals surface area contributed by atoms with Gasteiger partial charge in [-0.15, -0.1) is 0 Å². The summed E-state index contributed by atoms with van der Waals surface area (Å²) < 4.78 is 11.6.